The third-order valence-electron chi connectivity index (χ3n) is 4.99. The number of carbonyl (C=O) groups is 1. The zero-order valence-corrected chi connectivity index (χ0v) is 18.5. The van der Waals surface area contributed by atoms with Crippen molar-refractivity contribution in [3.05, 3.63) is 70.5 Å². The highest BCUT2D eigenvalue weighted by molar-refractivity contribution is 7.99. The van der Waals surface area contributed by atoms with Gasteiger partial charge >= 0.3 is 0 Å². The van der Waals surface area contributed by atoms with Crippen molar-refractivity contribution >= 4 is 28.6 Å². The Kier molecular flexibility index (Phi) is 8.08. The molecule has 0 unspecified atom stereocenters. The van der Waals surface area contributed by atoms with Crippen molar-refractivity contribution in [3.63, 3.8) is 0 Å². The molecule has 0 saturated carbocycles. The number of rotatable bonds is 10. The van der Waals surface area contributed by atoms with Crippen LogP contribution in [-0.4, -0.2) is 27.3 Å². The summed E-state index contributed by atoms with van der Waals surface area (Å²) < 4.78 is 1.67. The molecule has 30 heavy (non-hydrogen) atoms. The third-order valence-corrected chi connectivity index (χ3v) is 5.97. The van der Waals surface area contributed by atoms with Crippen LogP contribution in [0.3, 0.4) is 0 Å². The first-order chi connectivity index (χ1) is 14.6. The Morgan fingerprint density at radius 1 is 1.10 bits per heavy atom. The van der Waals surface area contributed by atoms with Crippen molar-refractivity contribution in [3.8, 4) is 0 Å². The lowest BCUT2D eigenvalue weighted by atomic mass is 10.1. The van der Waals surface area contributed by atoms with Crippen molar-refractivity contribution in [1.82, 2.24) is 14.9 Å². The predicted octanol–water partition coefficient (Wildman–Crippen LogP) is 4.62. The summed E-state index contributed by atoms with van der Waals surface area (Å²) in [6.45, 7) is 4.64. The van der Waals surface area contributed by atoms with E-state index in [0.717, 1.165) is 18.4 Å². The van der Waals surface area contributed by atoms with Crippen LogP contribution in [0.25, 0.3) is 10.9 Å². The molecule has 0 saturated heterocycles. The van der Waals surface area contributed by atoms with Crippen LogP contribution in [0.5, 0.6) is 0 Å². The van der Waals surface area contributed by atoms with Gasteiger partial charge in [-0.3, -0.25) is 14.2 Å². The van der Waals surface area contributed by atoms with Crippen molar-refractivity contribution < 1.29 is 4.79 Å². The van der Waals surface area contributed by atoms with E-state index in [2.05, 4.69) is 17.2 Å². The van der Waals surface area contributed by atoms with Crippen molar-refractivity contribution in [2.45, 2.75) is 57.3 Å². The van der Waals surface area contributed by atoms with E-state index >= 15 is 0 Å². The Morgan fingerprint density at radius 3 is 2.60 bits per heavy atom. The molecule has 3 rings (SSSR count). The fourth-order valence-corrected chi connectivity index (χ4v) is 4.19. The van der Waals surface area contributed by atoms with Gasteiger partial charge in [0.2, 0.25) is 5.91 Å². The lowest BCUT2D eigenvalue weighted by Crippen LogP contribution is -2.34. The Bertz CT molecular complexity index is 1030. The first kappa shape index (κ1) is 22.1. The normalized spacial score (nSPS) is 12.1. The molecule has 0 aliphatic rings. The molecule has 0 bridgehead atoms. The van der Waals surface area contributed by atoms with Crippen LogP contribution >= 0.6 is 11.8 Å². The zero-order chi connectivity index (χ0) is 21.3. The molecule has 1 N–H and O–H groups in total. The molecule has 1 amide bonds. The molecule has 0 aliphatic heterocycles. The molecule has 1 aromatic heterocycles. The molecule has 1 atom stereocenters. The molecule has 2 aromatic carbocycles. The minimum Gasteiger partial charge on any atom is -0.353 e. The predicted molar refractivity (Wildman–Crippen MR) is 124 cm³/mol. The number of thioether (sulfide) groups is 1. The summed E-state index contributed by atoms with van der Waals surface area (Å²) >= 11 is 1.31. The van der Waals surface area contributed by atoms with Gasteiger partial charge in [0.25, 0.3) is 5.56 Å². The number of fused-ring (bicyclic) bond motifs is 1. The summed E-state index contributed by atoms with van der Waals surface area (Å²) in [4.78, 5) is 30.3. The Morgan fingerprint density at radius 2 is 1.83 bits per heavy atom. The molecule has 158 valence electrons. The topological polar surface area (TPSA) is 64.0 Å². The first-order valence-corrected chi connectivity index (χ1v) is 11.5. The molecule has 0 fully saturated rings. The van der Waals surface area contributed by atoms with Gasteiger partial charge in [0.1, 0.15) is 0 Å². The second kappa shape index (κ2) is 11.0. The summed E-state index contributed by atoms with van der Waals surface area (Å²) in [5.74, 6) is 0.204. The van der Waals surface area contributed by atoms with E-state index in [4.69, 9.17) is 0 Å². The minimum absolute atomic E-state index is 0.0299. The van der Waals surface area contributed by atoms with Gasteiger partial charge in [0.05, 0.1) is 23.2 Å². The SMILES string of the molecule is CCCCC[C@@H](C)NC(=O)CSc1nc2ccccc2c(=O)n1Cc1ccccc1. The number of nitrogens with zero attached hydrogens (tertiary/aromatic N) is 2. The standard InChI is InChI=1S/C24H29N3O2S/c1-3-4-6-11-18(2)25-22(28)17-30-24-26-21-15-10-9-14-20(21)23(29)27(24)16-19-12-7-5-8-13-19/h5,7-10,12-15,18H,3-4,6,11,16-17H2,1-2H3,(H,25,28)/t18-/m1/s1. The fraction of sp³-hybridized carbons (Fsp3) is 0.375. The maximum Gasteiger partial charge on any atom is 0.262 e. The molecule has 5 nitrogen and oxygen atoms in total. The second-order valence-corrected chi connectivity index (χ2v) is 8.48. The smallest absolute Gasteiger partial charge is 0.262 e. The highest BCUT2D eigenvalue weighted by atomic mass is 32.2. The molecular formula is C24H29N3O2S. The first-order valence-electron chi connectivity index (χ1n) is 10.5. The van der Waals surface area contributed by atoms with Crippen LogP contribution in [0.2, 0.25) is 0 Å². The molecule has 1 heterocycles. The van der Waals surface area contributed by atoms with Crippen LogP contribution in [0.15, 0.2) is 64.5 Å². The lowest BCUT2D eigenvalue weighted by molar-refractivity contribution is -0.119. The lowest BCUT2D eigenvalue weighted by Gasteiger charge is -2.15. The summed E-state index contributed by atoms with van der Waals surface area (Å²) in [6.07, 6.45) is 4.45. The van der Waals surface area contributed by atoms with E-state index in [-0.39, 0.29) is 23.3 Å². The number of aromatic nitrogens is 2. The van der Waals surface area contributed by atoms with Gasteiger partial charge in [0, 0.05) is 6.04 Å². The van der Waals surface area contributed by atoms with E-state index in [1.165, 1.54) is 24.6 Å². The Balaban J connectivity index is 1.77. The van der Waals surface area contributed by atoms with E-state index in [9.17, 15) is 9.59 Å². The van der Waals surface area contributed by atoms with Gasteiger partial charge < -0.3 is 5.32 Å². The van der Waals surface area contributed by atoms with Crippen molar-refractivity contribution in [2.24, 2.45) is 0 Å². The molecular weight excluding hydrogens is 394 g/mol. The zero-order valence-electron chi connectivity index (χ0n) is 17.6. The number of nitrogens with one attached hydrogen (secondary N) is 1. The maximum absolute atomic E-state index is 13.1. The third kappa shape index (κ3) is 5.95. The summed E-state index contributed by atoms with van der Waals surface area (Å²) in [7, 11) is 0. The highest BCUT2D eigenvalue weighted by Gasteiger charge is 2.14. The monoisotopic (exact) mass is 423 g/mol. The number of benzene rings is 2. The Hall–Kier alpha value is -2.60. The largest absolute Gasteiger partial charge is 0.353 e. The van der Waals surface area contributed by atoms with E-state index in [0.29, 0.717) is 22.6 Å². The molecule has 0 aliphatic carbocycles. The Labute approximate surface area is 181 Å². The average Bonchev–Trinajstić information content (AvgIpc) is 2.75. The number of hydrogen-bond donors (Lipinski definition) is 1. The van der Waals surface area contributed by atoms with E-state index < -0.39 is 0 Å². The van der Waals surface area contributed by atoms with Gasteiger partial charge in [-0.15, -0.1) is 0 Å². The van der Waals surface area contributed by atoms with Crippen LogP contribution in [0.4, 0.5) is 0 Å². The fourth-order valence-electron chi connectivity index (χ4n) is 3.38. The number of para-hydroxylation sites is 1. The van der Waals surface area contributed by atoms with Gasteiger partial charge in [-0.25, -0.2) is 4.98 Å². The molecule has 6 heteroatoms. The number of carbonyl (C=O) groups excluding carboxylic acids is 1. The van der Waals surface area contributed by atoms with Crippen molar-refractivity contribution in [1.29, 1.82) is 0 Å². The van der Waals surface area contributed by atoms with Crippen LogP contribution in [-0.2, 0) is 11.3 Å². The average molecular weight is 424 g/mol. The quantitative estimate of drug-likeness (QED) is 0.294. The summed E-state index contributed by atoms with van der Waals surface area (Å²) in [6, 6.07) is 17.3. The molecule has 0 spiro atoms. The van der Waals surface area contributed by atoms with Crippen molar-refractivity contribution in [2.75, 3.05) is 5.75 Å². The summed E-state index contributed by atoms with van der Waals surface area (Å²) in [5, 5.41) is 4.21. The maximum atomic E-state index is 13.1. The van der Waals surface area contributed by atoms with Crippen LogP contribution in [0, 0.1) is 0 Å². The summed E-state index contributed by atoms with van der Waals surface area (Å²) in [5.41, 5.74) is 1.59. The van der Waals surface area contributed by atoms with E-state index in [1.807, 2.05) is 55.5 Å². The minimum atomic E-state index is -0.0831. The van der Waals surface area contributed by atoms with Crippen LogP contribution in [0.1, 0.15) is 45.1 Å². The van der Waals surface area contributed by atoms with Gasteiger partial charge in [-0.1, -0.05) is 80.4 Å². The van der Waals surface area contributed by atoms with Crippen LogP contribution < -0.4 is 10.9 Å². The van der Waals surface area contributed by atoms with Gasteiger partial charge in [-0.05, 0) is 31.0 Å². The number of unbranched alkanes of at least 4 members (excludes halogenated alkanes) is 2. The second-order valence-electron chi connectivity index (χ2n) is 7.54. The number of amides is 1. The van der Waals surface area contributed by atoms with E-state index in [1.54, 1.807) is 10.6 Å². The van der Waals surface area contributed by atoms with Gasteiger partial charge in [-0.2, -0.15) is 0 Å². The van der Waals surface area contributed by atoms with Gasteiger partial charge in [0.15, 0.2) is 5.16 Å². The molecule has 0 radical (unpaired) electrons. The number of hydrogen-bond acceptors (Lipinski definition) is 4. The molecule has 3 aromatic rings. The highest BCUT2D eigenvalue weighted by Crippen LogP contribution is 2.19.